The summed E-state index contributed by atoms with van der Waals surface area (Å²) in [4.78, 5) is 24.7. The molecule has 2 N–H and O–H groups in total. The maximum absolute atomic E-state index is 11.6. The van der Waals surface area contributed by atoms with Crippen molar-refractivity contribution in [1.29, 1.82) is 0 Å². The van der Waals surface area contributed by atoms with Gasteiger partial charge in [0.1, 0.15) is 0 Å². The molecule has 0 heterocycles. The van der Waals surface area contributed by atoms with Crippen molar-refractivity contribution in [3.05, 3.63) is 0 Å². The van der Waals surface area contributed by atoms with E-state index >= 15 is 0 Å². The number of nitrogens with one attached hydrogen (secondary N) is 2. The number of nitrogens with zero attached hydrogens (tertiary/aromatic N) is 1. The minimum Gasteiger partial charge on any atom is -0.353 e. The van der Waals surface area contributed by atoms with Crippen molar-refractivity contribution in [3.63, 3.8) is 0 Å². The van der Waals surface area contributed by atoms with Gasteiger partial charge in [0.15, 0.2) is 0 Å². The molecule has 0 aromatic heterocycles. The summed E-state index contributed by atoms with van der Waals surface area (Å²) in [6.07, 6.45) is 0.907. The molecule has 0 aromatic rings. The highest BCUT2D eigenvalue weighted by Gasteiger charge is 2.10. The number of hydrogen-bond donors (Lipinski definition) is 2. The molecule has 2 amide bonds. The van der Waals surface area contributed by atoms with Crippen molar-refractivity contribution in [2.24, 2.45) is 0 Å². The first kappa shape index (κ1) is 15.9. The van der Waals surface area contributed by atoms with Gasteiger partial charge in [-0.3, -0.25) is 14.9 Å². The molecule has 1 atom stereocenters. The third-order valence-corrected chi connectivity index (χ3v) is 2.70. The molecule has 5 heteroatoms. The minimum atomic E-state index is -0.0632. The summed E-state index contributed by atoms with van der Waals surface area (Å²) in [6.45, 7) is 9.68. The van der Waals surface area contributed by atoms with Gasteiger partial charge in [0.25, 0.3) is 0 Å². The molecule has 0 aromatic carbocycles. The van der Waals surface area contributed by atoms with Gasteiger partial charge in [-0.05, 0) is 27.2 Å². The fourth-order valence-corrected chi connectivity index (χ4v) is 1.40. The first-order valence-electron chi connectivity index (χ1n) is 6.32. The summed E-state index contributed by atoms with van der Waals surface area (Å²) in [5.41, 5.74) is 0. The Morgan fingerprint density at radius 1 is 1.12 bits per heavy atom. The van der Waals surface area contributed by atoms with Gasteiger partial charge in [0.2, 0.25) is 11.8 Å². The second kappa shape index (κ2) is 8.98. The van der Waals surface area contributed by atoms with Crippen molar-refractivity contribution >= 4 is 11.8 Å². The Labute approximate surface area is 104 Å². The molecule has 0 aliphatic rings. The van der Waals surface area contributed by atoms with E-state index < -0.39 is 0 Å². The third kappa shape index (κ3) is 6.94. The van der Waals surface area contributed by atoms with Crippen LogP contribution in [0.25, 0.3) is 0 Å². The lowest BCUT2D eigenvalue weighted by Gasteiger charge is -2.18. The molecule has 0 aliphatic heterocycles. The number of hydrogen-bond acceptors (Lipinski definition) is 3. The van der Waals surface area contributed by atoms with E-state index in [0.717, 1.165) is 6.42 Å². The van der Waals surface area contributed by atoms with Crippen LogP contribution in [0.3, 0.4) is 0 Å². The van der Waals surface area contributed by atoms with Crippen LogP contribution in [0.2, 0.25) is 0 Å². The standard InChI is InChI=1S/C12H25N3O2/c1-5-10(4)14-11(16)8-13-9-12(17)15(6-2)7-3/h10,13H,5-9H2,1-4H3,(H,14,16). The molecule has 0 saturated heterocycles. The smallest absolute Gasteiger partial charge is 0.236 e. The molecular weight excluding hydrogens is 218 g/mol. The highest BCUT2D eigenvalue weighted by molar-refractivity contribution is 5.81. The second-order valence-electron chi connectivity index (χ2n) is 4.05. The molecule has 1 unspecified atom stereocenters. The Morgan fingerprint density at radius 3 is 2.18 bits per heavy atom. The molecule has 0 fully saturated rings. The number of amides is 2. The van der Waals surface area contributed by atoms with Gasteiger partial charge in [-0.2, -0.15) is 0 Å². The van der Waals surface area contributed by atoms with Crippen LogP contribution in [0.4, 0.5) is 0 Å². The maximum atomic E-state index is 11.6. The fourth-order valence-electron chi connectivity index (χ4n) is 1.40. The zero-order valence-corrected chi connectivity index (χ0v) is 11.4. The summed E-state index contributed by atoms with van der Waals surface area (Å²) < 4.78 is 0. The quantitative estimate of drug-likeness (QED) is 0.647. The Balaban J connectivity index is 3.76. The van der Waals surface area contributed by atoms with Crippen LogP contribution in [-0.2, 0) is 9.59 Å². The van der Waals surface area contributed by atoms with E-state index in [-0.39, 0.29) is 30.9 Å². The lowest BCUT2D eigenvalue weighted by Crippen LogP contribution is -2.43. The Morgan fingerprint density at radius 2 is 1.71 bits per heavy atom. The summed E-state index contributed by atoms with van der Waals surface area (Å²) >= 11 is 0. The lowest BCUT2D eigenvalue weighted by atomic mass is 10.2. The van der Waals surface area contributed by atoms with Crippen LogP contribution >= 0.6 is 0 Å². The van der Waals surface area contributed by atoms with E-state index in [1.807, 2.05) is 27.7 Å². The molecule has 0 radical (unpaired) electrons. The Kier molecular flexibility index (Phi) is 8.40. The van der Waals surface area contributed by atoms with Crippen LogP contribution < -0.4 is 10.6 Å². The zero-order chi connectivity index (χ0) is 13.3. The van der Waals surface area contributed by atoms with Crippen molar-refractivity contribution in [2.75, 3.05) is 26.2 Å². The van der Waals surface area contributed by atoms with E-state index in [2.05, 4.69) is 10.6 Å². The SMILES string of the molecule is CCC(C)NC(=O)CNCC(=O)N(CC)CC. The van der Waals surface area contributed by atoms with E-state index in [0.29, 0.717) is 13.1 Å². The summed E-state index contributed by atoms with van der Waals surface area (Å²) in [5, 5.41) is 5.69. The van der Waals surface area contributed by atoms with Crippen molar-refractivity contribution < 1.29 is 9.59 Å². The summed E-state index contributed by atoms with van der Waals surface area (Å²) in [7, 11) is 0. The van der Waals surface area contributed by atoms with Gasteiger partial charge in [-0.25, -0.2) is 0 Å². The predicted octanol–water partition coefficient (Wildman–Crippen LogP) is 0.359. The molecule has 0 bridgehead atoms. The highest BCUT2D eigenvalue weighted by atomic mass is 16.2. The first-order valence-corrected chi connectivity index (χ1v) is 6.32. The normalized spacial score (nSPS) is 12.0. The van der Waals surface area contributed by atoms with E-state index in [1.165, 1.54) is 0 Å². The van der Waals surface area contributed by atoms with E-state index in [1.54, 1.807) is 4.90 Å². The molecule has 100 valence electrons. The number of carbonyl (C=O) groups excluding carboxylic acids is 2. The van der Waals surface area contributed by atoms with Gasteiger partial charge < -0.3 is 10.2 Å². The van der Waals surface area contributed by atoms with Crippen LogP contribution in [0.15, 0.2) is 0 Å². The Bertz CT molecular complexity index is 240. The number of likely N-dealkylation sites (N-methyl/N-ethyl adjacent to an activating group) is 1. The molecule has 17 heavy (non-hydrogen) atoms. The second-order valence-corrected chi connectivity index (χ2v) is 4.05. The predicted molar refractivity (Wildman–Crippen MR) is 68.7 cm³/mol. The summed E-state index contributed by atoms with van der Waals surface area (Å²) in [6, 6.07) is 0.183. The monoisotopic (exact) mass is 243 g/mol. The molecule has 0 spiro atoms. The number of carbonyl (C=O) groups is 2. The van der Waals surface area contributed by atoms with Crippen LogP contribution in [-0.4, -0.2) is 48.9 Å². The first-order chi connectivity index (χ1) is 8.04. The highest BCUT2D eigenvalue weighted by Crippen LogP contribution is 1.88. The molecule has 0 aliphatic carbocycles. The van der Waals surface area contributed by atoms with Crippen molar-refractivity contribution in [1.82, 2.24) is 15.5 Å². The molecule has 0 rings (SSSR count). The lowest BCUT2D eigenvalue weighted by molar-refractivity contribution is -0.129. The van der Waals surface area contributed by atoms with Gasteiger partial charge in [-0.1, -0.05) is 6.92 Å². The average molecular weight is 243 g/mol. The Hall–Kier alpha value is -1.10. The molecular formula is C12H25N3O2. The van der Waals surface area contributed by atoms with Gasteiger partial charge >= 0.3 is 0 Å². The molecule has 0 saturated carbocycles. The fraction of sp³-hybridized carbons (Fsp3) is 0.833. The van der Waals surface area contributed by atoms with Crippen LogP contribution in [0, 0.1) is 0 Å². The maximum Gasteiger partial charge on any atom is 0.236 e. The van der Waals surface area contributed by atoms with Crippen LogP contribution in [0.1, 0.15) is 34.1 Å². The van der Waals surface area contributed by atoms with Crippen molar-refractivity contribution in [2.45, 2.75) is 40.2 Å². The summed E-state index contributed by atoms with van der Waals surface area (Å²) in [5.74, 6) is -0.0296. The largest absolute Gasteiger partial charge is 0.353 e. The molecule has 5 nitrogen and oxygen atoms in total. The van der Waals surface area contributed by atoms with Gasteiger partial charge in [-0.15, -0.1) is 0 Å². The number of rotatable bonds is 8. The van der Waals surface area contributed by atoms with Crippen molar-refractivity contribution in [3.8, 4) is 0 Å². The van der Waals surface area contributed by atoms with Gasteiger partial charge in [0.05, 0.1) is 13.1 Å². The average Bonchev–Trinajstić information content (AvgIpc) is 2.30. The van der Waals surface area contributed by atoms with E-state index in [4.69, 9.17) is 0 Å². The zero-order valence-electron chi connectivity index (χ0n) is 11.4. The van der Waals surface area contributed by atoms with Crippen LogP contribution in [0.5, 0.6) is 0 Å². The third-order valence-electron chi connectivity index (χ3n) is 2.70. The topological polar surface area (TPSA) is 61.4 Å². The van der Waals surface area contributed by atoms with Gasteiger partial charge in [0, 0.05) is 19.1 Å². The minimum absolute atomic E-state index is 0.0336. The van der Waals surface area contributed by atoms with E-state index in [9.17, 15) is 9.59 Å².